The van der Waals surface area contributed by atoms with Gasteiger partial charge in [0.15, 0.2) is 0 Å². The Bertz CT molecular complexity index is 472. The van der Waals surface area contributed by atoms with E-state index in [0.717, 1.165) is 0 Å². The number of rotatable bonds is 1. The lowest BCUT2D eigenvalue weighted by Crippen LogP contribution is -2.20. The Morgan fingerprint density at radius 1 is 1.20 bits per heavy atom. The first-order valence-corrected chi connectivity index (χ1v) is 5.66. The lowest BCUT2D eigenvalue weighted by Gasteiger charge is -2.10. The molecule has 0 radical (unpaired) electrons. The van der Waals surface area contributed by atoms with Crippen LogP contribution in [-0.4, -0.2) is 11.0 Å². The maximum absolute atomic E-state index is 3.63. The minimum Gasteiger partial charge on any atom is -0.361 e. The van der Waals surface area contributed by atoms with Gasteiger partial charge < -0.3 is 10.3 Å². The number of aromatic nitrogens is 1. The zero-order valence-corrected chi connectivity index (χ0v) is 8.96. The van der Waals surface area contributed by atoms with Gasteiger partial charge in [0.05, 0.1) is 0 Å². The fraction of sp³-hybridized carbons (Fsp3) is 0.385. The van der Waals surface area contributed by atoms with Crippen LogP contribution in [0, 0.1) is 0 Å². The van der Waals surface area contributed by atoms with Crippen LogP contribution in [0.1, 0.15) is 31.4 Å². The summed E-state index contributed by atoms with van der Waals surface area (Å²) in [5.41, 5.74) is 2.67. The van der Waals surface area contributed by atoms with Gasteiger partial charge in [0, 0.05) is 29.2 Å². The highest BCUT2D eigenvalue weighted by Gasteiger charge is 2.23. The average Bonchev–Trinajstić information content (AvgIpc) is 2.83. The van der Waals surface area contributed by atoms with Gasteiger partial charge in [-0.25, -0.2) is 0 Å². The quantitative estimate of drug-likeness (QED) is 0.727. The normalized spacial score (nSPS) is 26.2. The van der Waals surface area contributed by atoms with Crippen molar-refractivity contribution in [3.05, 3.63) is 36.0 Å². The average molecular weight is 200 g/mol. The standard InChI is InChI=1S/C13H16N2/c1-9-6-7-13(15-9)11-8-14-12-5-3-2-4-10(11)12/h2-5,8-9,13-15H,6-7H2,1H3. The molecule has 2 atom stereocenters. The number of para-hydroxylation sites is 1. The van der Waals surface area contributed by atoms with Crippen molar-refractivity contribution in [3.8, 4) is 0 Å². The predicted octanol–water partition coefficient (Wildman–Crippen LogP) is 2.98. The molecule has 1 fully saturated rings. The summed E-state index contributed by atoms with van der Waals surface area (Å²) in [5, 5.41) is 4.99. The van der Waals surface area contributed by atoms with Gasteiger partial charge in [-0.15, -0.1) is 0 Å². The molecule has 2 nitrogen and oxygen atoms in total. The van der Waals surface area contributed by atoms with Crippen molar-refractivity contribution < 1.29 is 0 Å². The van der Waals surface area contributed by atoms with Gasteiger partial charge in [-0.05, 0) is 31.4 Å². The van der Waals surface area contributed by atoms with E-state index in [-0.39, 0.29) is 0 Å². The van der Waals surface area contributed by atoms with Gasteiger partial charge in [0.2, 0.25) is 0 Å². The number of H-pyrrole nitrogens is 1. The first kappa shape index (κ1) is 8.98. The highest BCUT2D eigenvalue weighted by Crippen LogP contribution is 2.31. The Morgan fingerprint density at radius 2 is 2.07 bits per heavy atom. The Labute approximate surface area is 89.7 Å². The van der Waals surface area contributed by atoms with E-state index in [9.17, 15) is 0 Å². The van der Waals surface area contributed by atoms with Crippen LogP contribution in [0.25, 0.3) is 10.9 Å². The van der Waals surface area contributed by atoms with E-state index in [0.29, 0.717) is 12.1 Å². The summed E-state index contributed by atoms with van der Waals surface area (Å²) < 4.78 is 0. The second kappa shape index (κ2) is 3.38. The van der Waals surface area contributed by atoms with Gasteiger partial charge >= 0.3 is 0 Å². The van der Waals surface area contributed by atoms with E-state index in [1.54, 1.807) is 0 Å². The van der Waals surface area contributed by atoms with Crippen LogP contribution in [0.4, 0.5) is 0 Å². The minimum absolute atomic E-state index is 0.538. The number of hydrogen-bond donors (Lipinski definition) is 2. The van der Waals surface area contributed by atoms with Crippen molar-refractivity contribution in [2.75, 3.05) is 0 Å². The molecule has 1 aromatic heterocycles. The molecule has 78 valence electrons. The zero-order chi connectivity index (χ0) is 10.3. The summed E-state index contributed by atoms with van der Waals surface area (Å²) in [6, 6.07) is 9.72. The van der Waals surface area contributed by atoms with Crippen molar-refractivity contribution in [2.24, 2.45) is 0 Å². The third-order valence-electron chi connectivity index (χ3n) is 3.37. The number of aromatic amines is 1. The maximum Gasteiger partial charge on any atom is 0.0457 e. The van der Waals surface area contributed by atoms with Crippen LogP contribution >= 0.6 is 0 Å². The first-order valence-electron chi connectivity index (χ1n) is 5.66. The Hall–Kier alpha value is -1.28. The lowest BCUT2D eigenvalue weighted by atomic mass is 10.0. The molecular weight excluding hydrogens is 184 g/mol. The summed E-state index contributed by atoms with van der Waals surface area (Å²) in [6.45, 7) is 2.26. The fourth-order valence-electron chi connectivity index (χ4n) is 2.55. The summed E-state index contributed by atoms with van der Waals surface area (Å²) in [7, 11) is 0. The molecule has 3 rings (SSSR count). The molecule has 2 aromatic rings. The molecule has 1 aliphatic rings. The number of nitrogens with one attached hydrogen (secondary N) is 2. The summed E-state index contributed by atoms with van der Waals surface area (Å²) in [5.74, 6) is 0. The molecule has 0 spiro atoms. The van der Waals surface area contributed by atoms with Gasteiger partial charge in [-0.2, -0.15) is 0 Å². The molecule has 0 aliphatic carbocycles. The third-order valence-corrected chi connectivity index (χ3v) is 3.37. The van der Waals surface area contributed by atoms with E-state index in [2.05, 4.69) is 47.7 Å². The molecule has 2 heteroatoms. The molecule has 0 bridgehead atoms. The van der Waals surface area contributed by atoms with Crippen molar-refractivity contribution in [1.29, 1.82) is 0 Å². The van der Waals surface area contributed by atoms with E-state index < -0.39 is 0 Å². The van der Waals surface area contributed by atoms with Gasteiger partial charge in [-0.3, -0.25) is 0 Å². The van der Waals surface area contributed by atoms with Crippen LogP contribution in [0.5, 0.6) is 0 Å². The predicted molar refractivity (Wildman–Crippen MR) is 62.9 cm³/mol. The first-order chi connectivity index (χ1) is 7.34. The van der Waals surface area contributed by atoms with Crippen LogP contribution in [0.15, 0.2) is 30.5 Å². The van der Waals surface area contributed by atoms with E-state index in [1.807, 2.05) is 0 Å². The molecule has 15 heavy (non-hydrogen) atoms. The molecule has 2 heterocycles. The topological polar surface area (TPSA) is 27.8 Å². The summed E-state index contributed by atoms with van der Waals surface area (Å²) in [4.78, 5) is 3.34. The summed E-state index contributed by atoms with van der Waals surface area (Å²) in [6.07, 6.45) is 4.69. The largest absolute Gasteiger partial charge is 0.361 e. The van der Waals surface area contributed by atoms with Gasteiger partial charge in [0.25, 0.3) is 0 Å². The van der Waals surface area contributed by atoms with Crippen molar-refractivity contribution in [1.82, 2.24) is 10.3 Å². The van der Waals surface area contributed by atoms with Crippen LogP contribution in [-0.2, 0) is 0 Å². The lowest BCUT2D eigenvalue weighted by molar-refractivity contribution is 0.588. The van der Waals surface area contributed by atoms with Gasteiger partial charge in [-0.1, -0.05) is 18.2 Å². The molecule has 2 N–H and O–H groups in total. The second-order valence-corrected chi connectivity index (χ2v) is 4.49. The number of benzene rings is 1. The number of fused-ring (bicyclic) bond motifs is 1. The molecule has 0 amide bonds. The summed E-state index contributed by atoms with van der Waals surface area (Å²) >= 11 is 0. The highest BCUT2D eigenvalue weighted by molar-refractivity contribution is 5.83. The monoisotopic (exact) mass is 200 g/mol. The molecule has 1 saturated heterocycles. The van der Waals surface area contributed by atoms with Crippen LogP contribution < -0.4 is 5.32 Å². The SMILES string of the molecule is CC1CCC(c2c[nH]c3ccccc23)N1. The minimum atomic E-state index is 0.538. The van der Waals surface area contributed by atoms with Crippen molar-refractivity contribution in [3.63, 3.8) is 0 Å². The molecule has 1 aliphatic heterocycles. The fourth-order valence-corrected chi connectivity index (χ4v) is 2.55. The molecule has 1 aromatic carbocycles. The Kier molecular flexibility index (Phi) is 2.03. The smallest absolute Gasteiger partial charge is 0.0457 e. The van der Waals surface area contributed by atoms with E-state index in [1.165, 1.54) is 29.3 Å². The Balaban J connectivity index is 2.04. The van der Waals surface area contributed by atoms with Crippen molar-refractivity contribution >= 4 is 10.9 Å². The molecule has 2 unspecified atom stereocenters. The molecular formula is C13H16N2. The van der Waals surface area contributed by atoms with E-state index in [4.69, 9.17) is 0 Å². The second-order valence-electron chi connectivity index (χ2n) is 4.49. The molecule has 0 saturated carbocycles. The number of hydrogen-bond acceptors (Lipinski definition) is 1. The van der Waals surface area contributed by atoms with Gasteiger partial charge in [0.1, 0.15) is 0 Å². The maximum atomic E-state index is 3.63. The zero-order valence-electron chi connectivity index (χ0n) is 8.96. The van der Waals surface area contributed by atoms with E-state index >= 15 is 0 Å². The van der Waals surface area contributed by atoms with Crippen molar-refractivity contribution in [2.45, 2.75) is 31.8 Å². The highest BCUT2D eigenvalue weighted by atomic mass is 15.0. The Morgan fingerprint density at radius 3 is 2.87 bits per heavy atom. The third kappa shape index (κ3) is 1.45. The van der Waals surface area contributed by atoms with Crippen LogP contribution in [0.2, 0.25) is 0 Å². The van der Waals surface area contributed by atoms with Crippen LogP contribution in [0.3, 0.4) is 0 Å².